The number of nitrogens with one attached hydrogen (secondary N) is 1. The van der Waals surface area contributed by atoms with Crippen LogP contribution in [0.3, 0.4) is 0 Å². The second-order valence-corrected chi connectivity index (χ2v) is 6.72. The van der Waals surface area contributed by atoms with Gasteiger partial charge < -0.3 is 10.1 Å². The van der Waals surface area contributed by atoms with Crippen molar-refractivity contribution in [3.63, 3.8) is 0 Å². The quantitative estimate of drug-likeness (QED) is 0.756. The van der Waals surface area contributed by atoms with Crippen LogP contribution in [0.5, 0.6) is 5.75 Å². The third-order valence-electron chi connectivity index (χ3n) is 5.09. The van der Waals surface area contributed by atoms with Gasteiger partial charge in [-0.25, -0.2) is 0 Å². The molecule has 1 heterocycles. The summed E-state index contributed by atoms with van der Waals surface area (Å²) in [6, 6.07) is 18.1. The van der Waals surface area contributed by atoms with Gasteiger partial charge in [0.2, 0.25) is 0 Å². The van der Waals surface area contributed by atoms with Crippen LogP contribution in [0.1, 0.15) is 37.9 Å². The Bertz CT molecular complexity index is 855. The zero-order chi connectivity index (χ0) is 17.8. The highest BCUT2D eigenvalue weighted by atomic mass is 16.5. The van der Waals surface area contributed by atoms with E-state index >= 15 is 0 Å². The van der Waals surface area contributed by atoms with Gasteiger partial charge in [0.25, 0.3) is 0 Å². The number of anilines is 1. The molecule has 1 saturated carbocycles. The normalized spacial score (nSPS) is 16.2. The van der Waals surface area contributed by atoms with E-state index in [1.807, 2.05) is 59.3 Å². The standard InChI is InChI=1S/C20H23N5O/c1-26-18-13-7-6-12-17(18)21-20(14-8-3-9-15-20)19-22-23-24-25(19)16-10-4-2-5-11-16/h2,4-7,10-13,21H,3,8-9,14-15H2,1H3. The lowest BCUT2D eigenvalue weighted by molar-refractivity contribution is 0.308. The number of nitrogens with zero attached hydrogens (tertiary/aromatic N) is 4. The molecule has 134 valence electrons. The zero-order valence-electron chi connectivity index (χ0n) is 14.9. The minimum Gasteiger partial charge on any atom is -0.495 e. The maximum absolute atomic E-state index is 5.54. The Balaban J connectivity index is 1.78. The van der Waals surface area contributed by atoms with Gasteiger partial charge in [-0.05, 0) is 47.5 Å². The molecule has 1 N–H and O–H groups in total. The lowest BCUT2D eigenvalue weighted by Crippen LogP contribution is -2.40. The molecule has 1 aromatic heterocycles. The minimum atomic E-state index is -0.313. The first-order valence-corrected chi connectivity index (χ1v) is 9.08. The fourth-order valence-corrected chi connectivity index (χ4v) is 3.79. The van der Waals surface area contributed by atoms with Gasteiger partial charge in [-0.3, -0.25) is 0 Å². The Hall–Kier alpha value is -2.89. The van der Waals surface area contributed by atoms with E-state index < -0.39 is 0 Å². The third-order valence-corrected chi connectivity index (χ3v) is 5.09. The topological polar surface area (TPSA) is 64.9 Å². The summed E-state index contributed by atoms with van der Waals surface area (Å²) in [4.78, 5) is 0. The molecule has 0 saturated heterocycles. The number of hydrogen-bond donors (Lipinski definition) is 1. The SMILES string of the molecule is COc1ccccc1NC1(c2nnnn2-c2ccccc2)CCCCC1. The molecular weight excluding hydrogens is 326 g/mol. The number of benzene rings is 2. The highest BCUT2D eigenvalue weighted by Gasteiger charge is 2.39. The van der Waals surface area contributed by atoms with E-state index in [1.165, 1.54) is 6.42 Å². The molecule has 0 bridgehead atoms. The number of aromatic nitrogens is 4. The van der Waals surface area contributed by atoms with Gasteiger partial charge in [-0.2, -0.15) is 4.68 Å². The lowest BCUT2D eigenvalue weighted by atomic mass is 9.80. The van der Waals surface area contributed by atoms with E-state index in [-0.39, 0.29) is 5.54 Å². The summed E-state index contributed by atoms with van der Waals surface area (Å²) in [6.07, 6.45) is 5.49. The first-order valence-electron chi connectivity index (χ1n) is 9.08. The molecule has 0 radical (unpaired) electrons. The van der Waals surface area contributed by atoms with Gasteiger partial charge in [-0.1, -0.05) is 49.6 Å². The molecule has 3 aromatic rings. The number of tetrazole rings is 1. The first kappa shape index (κ1) is 16.6. The van der Waals surface area contributed by atoms with Crippen LogP contribution >= 0.6 is 0 Å². The second kappa shape index (κ2) is 7.15. The van der Waals surface area contributed by atoms with Crippen LogP contribution in [-0.2, 0) is 5.54 Å². The molecule has 0 spiro atoms. The summed E-state index contributed by atoms with van der Waals surface area (Å²) in [5.41, 5.74) is 1.63. The minimum absolute atomic E-state index is 0.313. The second-order valence-electron chi connectivity index (χ2n) is 6.72. The van der Waals surface area contributed by atoms with Crippen LogP contribution in [0.4, 0.5) is 5.69 Å². The molecule has 0 aliphatic heterocycles. The van der Waals surface area contributed by atoms with Crippen molar-refractivity contribution < 1.29 is 4.74 Å². The Kier molecular flexibility index (Phi) is 4.56. The fraction of sp³-hybridized carbons (Fsp3) is 0.350. The molecule has 1 fully saturated rings. The van der Waals surface area contributed by atoms with Crippen LogP contribution in [0.15, 0.2) is 54.6 Å². The van der Waals surface area contributed by atoms with Crippen molar-refractivity contribution in [2.24, 2.45) is 0 Å². The van der Waals surface area contributed by atoms with Gasteiger partial charge in [0.05, 0.1) is 24.0 Å². The molecule has 26 heavy (non-hydrogen) atoms. The van der Waals surface area contributed by atoms with E-state index in [2.05, 4.69) is 20.8 Å². The molecule has 2 aromatic carbocycles. The van der Waals surface area contributed by atoms with E-state index in [4.69, 9.17) is 4.74 Å². The largest absolute Gasteiger partial charge is 0.495 e. The summed E-state index contributed by atoms with van der Waals surface area (Å²) in [7, 11) is 1.70. The molecule has 0 unspecified atom stereocenters. The molecule has 1 aliphatic rings. The summed E-state index contributed by atoms with van der Waals surface area (Å²) < 4.78 is 7.40. The zero-order valence-corrected chi connectivity index (χ0v) is 14.9. The molecule has 0 atom stereocenters. The van der Waals surface area contributed by atoms with Gasteiger partial charge in [-0.15, -0.1) is 5.10 Å². The average molecular weight is 349 g/mol. The summed E-state index contributed by atoms with van der Waals surface area (Å²) in [6.45, 7) is 0. The predicted octanol–water partition coefficient (Wildman–Crippen LogP) is 3.94. The number of methoxy groups -OCH3 is 1. The lowest BCUT2D eigenvalue weighted by Gasteiger charge is -2.38. The van der Waals surface area contributed by atoms with Crippen molar-refractivity contribution in [1.82, 2.24) is 20.2 Å². The van der Waals surface area contributed by atoms with Crippen molar-refractivity contribution in [3.05, 3.63) is 60.4 Å². The molecule has 6 heteroatoms. The van der Waals surface area contributed by atoms with Crippen LogP contribution < -0.4 is 10.1 Å². The fourth-order valence-electron chi connectivity index (χ4n) is 3.79. The van der Waals surface area contributed by atoms with Crippen LogP contribution in [0.25, 0.3) is 5.69 Å². The molecule has 6 nitrogen and oxygen atoms in total. The first-order chi connectivity index (χ1) is 12.8. The number of rotatable bonds is 5. The highest BCUT2D eigenvalue weighted by molar-refractivity contribution is 5.58. The number of para-hydroxylation sites is 3. The Morgan fingerprint density at radius 1 is 0.962 bits per heavy atom. The van der Waals surface area contributed by atoms with E-state index in [1.54, 1.807) is 7.11 Å². The van der Waals surface area contributed by atoms with E-state index in [0.717, 1.165) is 48.6 Å². The monoisotopic (exact) mass is 349 g/mol. The smallest absolute Gasteiger partial charge is 0.181 e. The Morgan fingerprint density at radius 2 is 1.69 bits per heavy atom. The molecular formula is C20H23N5O. The van der Waals surface area contributed by atoms with E-state index in [0.29, 0.717) is 0 Å². The summed E-state index contributed by atoms with van der Waals surface area (Å²) >= 11 is 0. The number of ether oxygens (including phenoxy) is 1. The predicted molar refractivity (Wildman–Crippen MR) is 101 cm³/mol. The van der Waals surface area contributed by atoms with Crippen molar-refractivity contribution in [2.45, 2.75) is 37.6 Å². The Labute approximate surface area is 153 Å². The summed E-state index contributed by atoms with van der Waals surface area (Å²) in [5, 5.41) is 16.4. The summed E-state index contributed by atoms with van der Waals surface area (Å²) in [5.74, 6) is 1.69. The van der Waals surface area contributed by atoms with Crippen LogP contribution in [0, 0.1) is 0 Å². The molecule has 4 rings (SSSR count). The van der Waals surface area contributed by atoms with Crippen molar-refractivity contribution in [2.75, 3.05) is 12.4 Å². The Morgan fingerprint density at radius 3 is 2.46 bits per heavy atom. The van der Waals surface area contributed by atoms with Crippen molar-refractivity contribution >= 4 is 5.69 Å². The molecule has 1 aliphatic carbocycles. The van der Waals surface area contributed by atoms with Gasteiger partial charge >= 0.3 is 0 Å². The van der Waals surface area contributed by atoms with Crippen molar-refractivity contribution in [3.8, 4) is 11.4 Å². The molecule has 0 amide bonds. The van der Waals surface area contributed by atoms with E-state index in [9.17, 15) is 0 Å². The van der Waals surface area contributed by atoms with Gasteiger partial charge in [0.1, 0.15) is 5.75 Å². The van der Waals surface area contributed by atoms with Crippen molar-refractivity contribution in [1.29, 1.82) is 0 Å². The van der Waals surface area contributed by atoms with Gasteiger partial charge in [0.15, 0.2) is 5.82 Å². The van der Waals surface area contributed by atoms with Crippen LogP contribution in [-0.4, -0.2) is 27.3 Å². The van der Waals surface area contributed by atoms with Crippen LogP contribution in [0.2, 0.25) is 0 Å². The third kappa shape index (κ3) is 3.03. The maximum atomic E-state index is 5.54. The maximum Gasteiger partial charge on any atom is 0.181 e. The van der Waals surface area contributed by atoms with Gasteiger partial charge in [0, 0.05) is 0 Å². The average Bonchev–Trinajstić information content (AvgIpc) is 3.20. The highest BCUT2D eigenvalue weighted by Crippen LogP contribution is 2.41. The number of hydrogen-bond acceptors (Lipinski definition) is 5.